The van der Waals surface area contributed by atoms with E-state index in [0.717, 1.165) is 19.3 Å². The summed E-state index contributed by atoms with van der Waals surface area (Å²) in [6, 6.07) is 0. The molecule has 9 heavy (non-hydrogen) atoms. The molecule has 0 aliphatic heterocycles. The van der Waals surface area contributed by atoms with Crippen molar-refractivity contribution in [1.82, 2.24) is 0 Å². The number of rotatable bonds is 1. The molecule has 1 rings (SSSR count). The first-order chi connectivity index (χ1) is 4.24. The predicted molar refractivity (Wildman–Crippen MR) is 37.1 cm³/mol. The molecule has 1 fully saturated rings. The third-order valence-corrected chi connectivity index (χ3v) is 2.52. The molecule has 0 aromatic carbocycles. The van der Waals surface area contributed by atoms with Gasteiger partial charge in [-0.05, 0) is 24.7 Å². The fourth-order valence-electron chi connectivity index (χ4n) is 1.82. The summed E-state index contributed by atoms with van der Waals surface area (Å²) in [6.45, 7) is 4.31. The highest BCUT2D eigenvalue weighted by Gasteiger charge is 2.29. The summed E-state index contributed by atoms with van der Waals surface area (Å²) in [5, 5.41) is 0. The summed E-state index contributed by atoms with van der Waals surface area (Å²) in [5.41, 5.74) is 0. The van der Waals surface area contributed by atoms with E-state index in [9.17, 15) is 4.39 Å². The zero-order valence-electron chi connectivity index (χ0n) is 6.23. The van der Waals surface area contributed by atoms with Crippen molar-refractivity contribution in [1.29, 1.82) is 0 Å². The second-order valence-corrected chi connectivity index (χ2v) is 3.21. The highest BCUT2D eigenvalue weighted by Crippen LogP contribution is 2.35. The molecule has 0 aromatic rings. The molecule has 0 heterocycles. The molecule has 0 amide bonds. The molecule has 1 heteroatoms. The fraction of sp³-hybridized carbons (Fsp3) is 1.00. The largest absolute Gasteiger partial charge is 0.247 e. The summed E-state index contributed by atoms with van der Waals surface area (Å²) < 4.78 is 12.6. The third-order valence-electron chi connectivity index (χ3n) is 2.52. The van der Waals surface area contributed by atoms with Crippen LogP contribution in [0.25, 0.3) is 0 Å². The molecule has 0 spiro atoms. The van der Waals surface area contributed by atoms with Gasteiger partial charge in [0.25, 0.3) is 0 Å². The molecular weight excluding hydrogens is 115 g/mol. The van der Waals surface area contributed by atoms with Crippen molar-refractivity contribution in [2.45, 2.75) is 39.3 Å². The van der Waals surface area contributed by atoms with Gasteiger partial charge in [-0.1, -0.05) is 20.3 Å². The Morgan fingerprint density at radius 2 is 2.11 bits per heavy atom. The Morgan fingerprint density at radius 3 is 2.33 bits per heavy atom. The quantitative estimate of drug-likeness (QED) is 0.512. The summed E-state index contributed by atoms with van der Waals surface area (Å²) in [6.07, 6.45) is 2.28. The molecule has 54 valence electrons. The molecular formula is C8H15F. The highest BCUT2D eigenvalue weighted by atomic mass is 19.1. The Labute approximate surface area is 56.5 Å². The molecule has 0 N–H and O–H groups in total. The van der Waals surface area contributed by atoms with Gasteiger partial charge in [0.1, 0.15) is 6.17 Å². The van der Waals surface area contributed by atoms with E-state index in [1.54, 1.807) is 0 Å². The van der Waals surface area contributed by atoms with Crippen LogP contribution in [0.3, 0.4) is 0 Å². The van der Waals surface area contributed by atoms with Gasteiger partial charge < -0.3 is 0 Å². The number of hydrogen-bond donors (Lipinski definition) is 0. The molecule has 0 nitrogen and oxygen atoms in total. The molecule has 0 bridgehead atoms. The minimum Gasteiger partial charge on any atom is -0.247 e. The molecule has 1 aliphatic carbocycles. The standard InChI is InChI=1S/C8H15F/c1-3-7-5-8(9)4-6(7)2/h6-8H,3-5H2,1-2H3. The van der Waals surface area contributed by atoms with E-state index in [1.807, 2.05) is 0 Å². The average molecular weight is 130 g/mol. The van der Waals surface area contributed by atoms with Crippen LogP contribution in [0, 0.1) is 11.8 Å². The third kappa shape index (κ3) is 1.44. The minimum atomic E-state index is -0.495. The number of hydrogen-bond acceptors (Lipinski definition) is 0. The van der Waals surface area contributed by atoms with Gasteiger partial charge in [0.2, 0.25) is 0 Å². The van der Waals surface area contributed by atoms with E-state index in [-0.39, 0.29) is 0 Å². The lowest BCUT2D eigenvalue weighted by Gasteiger charge is -2.09. The van der Waals surface area contributed by atoms with Crippen LogP contribution >= 0.6 is 0 Å². The first-order valence-corrected chi connectivity index (χ1v) is 3.88. The van der Waals surface area contributed by atoms with Crippen LogP contribution in [-0.4, -0.2) is 6.17 Å². The van der Waals surface area contributed by atoms with Gasteiger partial charge in [-0.15, -0.1) is 0 Å². The summed E-state index contributed by atoms with van der Waals surface area (Å²) >= 11 is 0. The van der Waals surface area contributed by atoms with Crippen LogP contribution in [0.1, 0.15) is 33.1 Å². The van der Waals surface area contributed by atoms with Gasteiger partial charge in [-0.2, -0.15) is 0 Å². The van der Waals surface area contributed by atoms with Gasteiger partial charge in [0, 0.05) is 0 Å². The van der Waals surface area contributed by atoms with E-state index < -0.39 is 6.17 Å². The lowest BCUT2D eigenvalue weighted by molar-refractivity contribution is 0.329. The van der Waals surface area contributed by atoms with Crippen molar-refractivity contribution < 1.29 is 4.39 Å². The first-order valence-electron chi connectivity index (χ1n) is 3.88. The molecule has 0 radical (unpaired) electrons. The molecule has 1 aliphatic rings. The smallest absolute Gasteiger partial charge is 0.101 e. The van der Waals surface area contributed by atoms with E-state index in [4.69, 9.17) is 0 Å². The molecule has 1 saturated carbocycles. The summed E-state index contributed by atoms with van der Waals surface area (Å²) in [4.78, 5) is 0. The number of alkyl halides is 1. The molecule has 0 saturated heterocycles. The van der Waals surface area contributed by atoms with Crippen molar-refractivity contribution in [3.8, 4) is 0 Å². The predicted octanol–water partition coefficient (Wildman–Crippen LogP) is 2.78. The van der Waals surface area contributed by atoms with Crippen LogP contribution < -0.4 is 0 Å². The van der Waals surface area contributed by atoms with Gasteiger partial charge >= 0.3 is 0 Å². The number of halogens is 1. The van der Waals surface area contributed by atoms with Crippen LogP contribution in [0.5, 0.6) is 0 Å². The molecule has 0 aromatic heterocycles. The van der Waals surface area contributed by atoms with E-state index in [1.165, 1.54) is 0 Å². The maximum Gasteiger partial charge on any atom is 0.101 e. The van der Waals surface area contributed by atoms with Gasteiger partial charge in [-0.25, -0.2) is 4.39 Å². The van der Waals surface area contributed by atoms with Crippen LogP contribution in [0.15, 0.2) is 0 Å². The Morgan fingerprint density at radius 1 is 1.44 bits per heavy atom. The lowest BCUT2D eigenvalue weighted by Crippen LogP contribution is -2.00. The highest BCUT2D eigenvalue weighted by molar-refractivity contribution is 4.79. The van der Waals surface area contributed by atoms with Crippen molar-refractivity contribution in [2.75, 3.05) is 0 Å². The van der Waals surface area contributed by atoms with Gasteiger partial charge in [-0.3, -0.25) is 0 Å². The first kappa shape index (κ1) is 7.04. The average Bonchev–Trinajstić information content (AvgIpc) is 2.10. The van der Waals surface area contributed by atoms with E-state index in [0.29, 0.717) is 11.8 Å². The summed E-state index contributed by atoms with van der Waals surface area (Å²) in [5.74, 6) is 1.30. The van der Waals surface area contributed by atoms with Crippen LogP contribution in [0.4, 0.5) is 4.39 Å². The zero-order valence-corrected chi connectivity index (χ0v) is 6.23. The Kier molecular flexibility index (Phi) is 2.09. The van der Waals surface area contributed by atoms with Gasteiger partial charge in [0.05, 0.1) is 0 Å². The fourth-order valence-corrected chi connectivity index (χ4v) is 1.82. The normalized spacial score (nSPS) is 43.7. The summed E-state index contributed by atoms with van der Waals surface area (Å²) in [7, 11) is 0. The second kappa shape index (κ2) is 2.68. The second-order valence-electron chi connectivity index (χ2n) is 3.21. The Hall–Kier alpha value is -0.0700. The van der Waals surface area contributed by atoms with Crippen LogP contribution in [0.2, 0.25) is 0 Å². The maximum atomic E-state index is 12.6. The molecule has 3 atom stereocenters. The zero-order chi connectivity index (χ0) is 6.85. The van der Waals surface area contributed by atoms with Crippen molar-refractivity contribution >= 4 is 0 Å². The Balaban J connectivity index is 2.38. The molecule has 3 unspecified atom stereocenters. The van der Waals surface area contributed by atoms with Crippen molar-refractivity contribution in [3.05, 3.63) is 0 Å². The lowest BCUT2D eigenvalue weighted by atomic mass is 9.96. The topological polar surface area (TPSA) is 0 Å². The SMILES string of the molecule is CCC1CC(F)CC1C. The van der Waals surface area contributed by atoms with Gasteiger partial charge in [0.15, 0.2) is 0 Å². The van der Waals surface area contributed by atoms with E-state index >= 15 is 0 Å². The maximum absolute atomic E-state index is 12.6. The van der Waals surface area contributed by atoms with E-state index in [2.05, 4.69) is 13.8 Å². The van der Waals surface area contributed by atoms with Crippen molar-refractivity contribution in [2.24, 2.45) is 11.8 Å². The monoisotopic (exact) mass is 130 g/mol. The Bertz CT molecular complexity index is 90.6. The van der Waals surface area contributed by atoms with Crippen molar-refractivity contribution in [3.63, 3.8) is 0 Å². The van der Waals surface area contributed by atoms with Crippen LogP contribution in [-0.2, 0) is 0 Å². The minimum absolute atomic E-state index is 0.495.